The molecule has 2 amide bonds. The fourth-order valence-electron chi connectivity index (χ4n) is 3.07. The van der Waals surface area contributed by atoms with E-state index in [9.17, 15) is 14.0 Å². The van der Waals surface area contributed by atoms with Gasteiger partial charge in [-0.3, -0.25) is 9.59 Å². The van der Waals surface area contributed by atoms with Crippen LogP contribution in [0.15, 0.2) is 60.8 Å². The van der Waals surface area contributed by atoms with Gasteiger partial charge in [0.1, 0.15) is 12.4 Å². The maximum atomic E-state index is 13.3. The van der Waals surface area contributed by atoms with Gasteiger partial charge in [0.15, 0.2) is 0 Å². The molecule has 2 heterocycles. The first-order chi connectivity index (χ1) is 14.1. The Bertz CT molecular complexity index is 1020. The molecule has 2 aromatic carbocycles. The number of thioether (sulfide) groups is 1. The quantitative estimate of drug-likeness (QED) is 0.679. The van der Waals surface area contributed by atoms with E-state index < -0.39 is 0 Å². The summed E-state index contributed by atoms with van der Waals surface area (Å²) in [6.45, 7) is 0.304. The van der Waals surface area contributed by atoms with Crippen LogP contribution in [0.3, 0.4) is 0 Å². The van der Waals surface area contributed by atoms with Crippen molar-refractivity contribution in [2.24, 2.45) is 0 Å². The Kier molecular flexibility index (Phi) is 5.62. The van der Waals surface area contributed by atoms with Crippen LogP contribution in [0.5, 0.6) is 0 Å². The summed E-state index contributed by atoms with van der Waals surface area (Å²) >= 11 is 1.50. The number of nitrogens with zero attached hydrogens (tertiary/aromatic N) is 3. The van der Waals surface area contributed by atoms with Crippen LogP contribution in [0.25, 0.3) is 16.9 Å². The Morgan fingerprint density at radius 2 is 1.90 bits per heavy atom. The smallest absolute Gasteiger partial charge is 0.239 e. The van der Waals surface area contributed by atoms with Gasteiger partial charge in [-0.25, -0.2) is 9.07 Å². The highest BCUT2D eigenvalue weighted by molar-refractivity contribution is 8.00. The first kappa shape index (κ1) is 19.2. The molecule has 0 radical (unpaired) electrons. The molecule has 1 aromatic heterocycles. The molecule has 8 heteroatoms. The van der Waals surface area contributed by atoms with Gasteiger partial charge in [-0.2, -0.15) is 5.10 Å². The molecule has 0 aliphatic carbocycles. The third-order valence-electron chi connectivity index (χ3n) is 4.56. The number of halogens is 1. The summed E-state index contributed by atoms with van der Waals surface area (Å²) in [5.41, 5.74) is 3.11. The summed E-state index contributed by atoms with van der Waals surface area (Å²) < 4.78 is 15.1. The minimum atomic E-state index is -0.320. The van der Waals surface area contributed by atoms with E-state index in [1.165, 1.54) is 28.8 Å². The van der Waals surface area contributed by atoms with Crippen LogP contribution in [0.4, 0.5) is 4.39 Å². The number of hydrogen-bond donors (Lipinski definition) is 1. The van der Waals surface area contributed by atoms with Gasteiger partial charge in [0, 0.05) is 23.9 Å². The highest BCUT2D eigenvalue weighted by atomic mass is 32.2. The lowest BCUT2D eigenvalue weighted by atomic mass is 10.1. The minimum absolute atomic E-state index is 0.0194. The zero-order chi connectivity index (χ0) is 20.2. The second kappa shape index (κ2) is 8.48. The van der Waals surface area contributed by atoms with Gasteiger partial charge >= 0.3 is 0 Å². The Hall–Kier alpha value is -3.13. The standard InChI is InChI=1S/C21H19FN4O2S/c22-17-8-6-15(7-9-17)21-16(11-26(24-21)18-4-2-1-3-5-18)10-23-19(27)12-25-14-29-13-20(25)28/h1-9,11H,10,12-14H2,(H,23,27). The molecule has 1 aliphatic rings. The van der Waals surface area contributed by atoms with Gasteiger partial charge in [-0.1, -0.05) is 18.2 Å². The molecule has 148 valence electrons. The number of carbonyl (C=O) groups excluding carboxylic acids is 2. The van der Waals surface area contributed by atoms with Crippen LogP contribution in [-0.4, -0.2) is 44.7 Å². The summed E-state index contributed by atoms with van der Waals surface area (Å²) in [6, 6.07) is 15.7. The Morgan fingerprint density at radius 1 is 1.14 bits per heavy atom. The molecule has 1 N–H and O–H groups in total. The summed E-state index contributed by atoms with van der Waals surface area (Å²) in [5, 5.41) is 7.51. The van der Waals surface area contributed by atoms with Crippen molar-refractivity contribution in [1.82, 2.24) is 20.0 Å². The van der Waals surface area contributed by atoms with Crippen molar-refractivity contribution in [1.29, 1.82) is 0 Å². The maximum Gasteiger partial charge on any atom is 0.239 e. The van der Waals surface area contributed by atoms with E-state index in [2.05, 4.69) is 10.4 Å². The molecular formula is C21H19FN4O2S. The topological polar surface area (TPSA) is 67.2 Å². The molecule has 6 nitrogen and oxygen atoms in total. The molecule has 0 atom stereocenters. The zero-order valence-corrected chi connectivity index (χ0v) is 16.4. The second-order valence-corrected chi connectivity index (χ2v) is 7.59. The molecule has 29 heavy (non-hydrogen) atoms. The second-order valence-electron chi connectivity index (χ2n) is 6.64. The molecule has 1 saturated heterocycles. The molecular weight excluding hydrogens is 391 g/mol. The van der Waals surface area contributed by atoms with Crippen LogP contribution in [0, 0.1) is 5.82 Å². The number of amides is 2. The van der Waals surface area contributed by atoms with Crippen LogP contribution in [-0.2, 0) is 16.1 Å². The molecule has 0 spiro atoms. The Labute approximate surface area is 171 Å². The van der Waals surface area contributed by atoms with Crippen molar-refractivity contribution in [2.75, 3.05) is 18.2 Å². The first-order valence-electron chi connectivity index (χ1n) is 9.12. The third-order valence-corrected chi connectivity index (χ3v) is 5.51. The van der Waals surface area contributed by atoms with Crippen LogP contribution in [0.2, 0.25) is 0 Å². The van der Waals surface area contributed by atoms with Crippen molar-refractivity contribution in [3.63, 3.8) is 0 Å². The molecule has 1 fully saturated rings. The lowest BCUT2D eigenvalue weighted by Crippen LogP contribution is -2.37. The number of para-hydroxylation sites is 1. The predicted octanol–water partition coefficient (Wildman–Crippen LogP) is 2.83. The van der Waals surface area contributed by atoms with E-state index in [4.69, 9.17) is 0 Å². The van der Waals surface area contributed by atoms with Crippen molar-refractivity contribution in [3.8, 4) is 16.9 Å². The molecule has 0 unspecified atom stereocenters. The van der Waals surface area contributed by atoms with Crippen LogP contribution < -0.4 is 5.32 Å². The van der Waals surface area contributed by atoms with Gasteiger partial charge < -0.3 is 10.2 Å². The summed E-state index contributed by atoms with van der Waals surface area (Å²) in [5.74, 6) is 0.400. The van der Waals surface area contributed by atoms with Gasteiger partial charge in [0.25, 0.3) is 0 Å². The molecule has 0 saturated carbocycles. The van der Waals surface area contributed by atoms with E-state index in [0.717, 1.165) is 16.8 Å². The monoisotopic (exact) mass is 410 g/mol. The van der Waals surface area contributed by atoms with Crippen molar-refractivity contribution in [2.45, 2.75) is 6.54 Å². The number of aromatic nitrogens is 2. The van der Waals surface area contributed by atoms with Crippen molar-refractivity contribution < 1.29 is 14.0 Å². The normalized spacial score (nSPS) is 13.7. The number of nitrogens with one attached hydrogen (secondary N) is 1. The lowest BCUT2D eigenvalue weighted by Gasteiger charge is -2.14. The number of benzene rings is 2. The van der Waals surface area contributed by atoms with Crippen LogP contribution >= 0.6 is 11.8 Å². The Morgan fingerprint density at radius 3 is 2.59 bits per heavy atom. The van der Waals surface area contributed by atoms with Crippen molar-refractivity contribution in [3.05, 3.63) is 72.2 Å². The maximum absolute atomic E-state index is 13.3. The Balaban J connectivity index is 1.55. The summed E-state index contributed by atoms with van der Waals surface area (Å²) in [6.07, 6.45) is 1.85. The van der Waals surface area contributed by atoms with Gasteiger partial charge in [0.2, 0.25) is 11.8 Å². The van der Waals surface area contributed by atoms with Gasteiger partial charge in [0.05, 0.1) is 23.0 Å². The number of hydrogen-bond acceptors (Lipinski definition) is 4. The SMILES string of the molecule is O=C(CN1CSCC1=O)NCc1cn(-c2ccccc2)nc1-c1ccc(F)cc1. The fraction of sp³-hybridized carbons (Fsp3) is 0.190. The zero-order valence-electron chi connectivity index (χ0n) is 15.5. The first-order valence-corrected chi connectivity index (χ1v) is 10.3. The molecule has 1 aliphatic heterocycles. The van der Waals surface area contributed by atoms with E-state index in [0.29, 0.717) is 17.3 Å². The summed E-state index contributed by atoms with van der Waals surface area (Å²) in [7, 11) is 0. The number of carbonyl (C=O) groups is 2. The summed E-state index contributed by atoms with van der Waals surface area (Å²) in [4.78, 5) is 25.5. The van der Waals surface area contributed by atoms with E-state index in [1.807, 2.05) is 36.5 Å². The highest BCUT2D eigenvalue weighted by Crippen LogP contribution is 2.24. The van der Waals surface area contributed by atoms with Gasteiger partial charge in [-0.05, 0) is 36.4 Å². The molecule has 0 bridgehead atoms. The largest absolute Gasteiger partial charge is 0.350 e. The minimum Gasteiger partial charge on any atom is -0.350 e. The highest BCUT2D eigenvalue weighted by Gasteiger charge is 2.23. The average Bonchev–Trinajstić information content (AvgIpc) is 3.34. The van der Waals surface area contributed by atoms with Crippen molar-refractivity contribution >= 4 is 23.6 Å². The lowest BCUT2D eigenvalue weighted by molar-refractivity contribution is -0.132. The van der Waals surface area contributed by atoms with E-state index in [-0.39, 0.29) is 30.7 Å². The third kappa shape index (κ3) is 4.48. The van der Waals surface area contributed by atoms with E-state index in [1.54, 1.807) is 16.8 Å². The predicted molar refractivity (Wildman–Crippen MR) is 110 cm³/mol. The number of rotatable bonds is 6. The fourth-order valence-corrected chi connectivity index (χ4v) is 3.97. The van der Waals surface area contributed by atoms with E-state index >= 15 is 0 Å². The average molecular weight is 410 g/mol. The molecule has 3 aromatic rings. The van der Waals surface area contributed by atoms with Crippen LogP contribution in [0.1, 0.15) is 5.56 Å². The molecule has 4 rings (SSSR count). The van der Waals surface area contributed by atoms with Gasteiger partial charge in [-0.15, -0.1) is 11.8 Å².